The molecule has 19 heavy (non-hydrogen) atoms. The van der Waals surface area contributed by atoms with E-state index >= 15 is 0 Å². The molecule has 1 aromatic carbocycles. The van der Waals surface area contributed by atoms with Crippen molar-refractivity contribution in [2.24, 2.45) is 0 Å². The summed E-state index contributed by atoms with van der Waals surface area (Å²) in [6, 6.07) is 8.06. The van der Waals surface area contributed by atoms with E-state index in [0.717, 1.165) is 17.9 Å². The molecule has 0 saturated carbocycles. The van der Waals surface area contributed by atoms with Crippen LogP contribution in [0.1, 0.15) is 32.6 Å². The third-order valence-corrected chi connectivity index (χ3v) is 3.22. The molecule has 0 fully saturated rings. The van der Waals surface area contributed by atoms with E-state index in [0.29, 0.717) is 4.77 Å². The molecule has 1 aromatic heterocycles. The standard InChI is InChI=1S/C13H19N5S/c1-2-3-4-5-10-14-11-6-8-12(9-7-11)18-13(19)15-16-17-18/h6-9,14H,2-5,10H2,1H3,(H,15,17,19). The molecular weight excluding hydrogens is 258 g/mol. The van der Waals surface area contributed by atoms with Gasteiger partial charge in [0, 0.05) is 12.2 Å². The zero-order chi connectivity index (χ0) is 13.5. The van der Waals surface area contributed by atoms with Crippen molar-refractivity contribution in [3.63, 3.8) is 0 Å². The second-order valence-electron chi connectivity index (χ2n) is 4.45. The van der Waals surface area contributed by atoms with E-state index in [9.17, 15) is 0 Å². The fraction of sp³-hybridized carbons (Fsp3) is 0.462. The van der Waals surface area contributed by atoms with Crippen LogP contribution in [0, 0.1) is 4.77 Å². The van der Waals surface area contributed by atoms with Crippen LogP contribution in [0.4, 0.5) is 5.69 Å². The normalized spacial score (nSPS) is 10.6. The zero-order valence-corrected chi connectivity index (χ0v) is 11.9. The van der Waals surface area contributed by atoms with Crippen LogP contribution in [-0.4, -0.2) is 26.8 Å². The largest absolute Gasteiger partial charge is 0.385 e. The minimum absolute atomic E-state index is 0.431. The lowest BCUT2D eigenvalue weighted by atomic mass is 10.2. The average Bonchev–Trinajstić information content (AvgIpc) is 2.86. The van der Waals surface area contributed by atoms with Gasteiger partial charge in [-0.3, -0.25) is 0 Å². The summed E-state index contributed by atoms with van der Waals surface area (Å²) < 4.78 is 2.10. The maximum Gasteiger partial charge on any atom is 0.242 e. The number of aromatic amines is 1. The molecule has 0 radical (unpaired) electrons. The summed E-state index contributed by atoms with van der Waals surface area (Å²) in [5.74, 6) is 0. The first-order chi connectivity index (χ1) is 9.31. The Morgan fingerprint density at radius 3 is 2.63 bits per heavy atom. The number of nitrogens with one attached hydrogen (secondary N) is 2. The molecule has 0 bridgehead atoms. The third kappa shape index (κ3) is 3.89. The fourth-order valence-corrected chi connectivity index (χ4v) is 2.07. The molecule has 0 atom stereocenters. The number of nitrogens with zero attached hydrogens (tertiary/aromatic N) is 3. The van der Waals surface area contributed by atoms with E-state index in [1.165, 1.54) is 25.7 Å². The lowest BCUT2D eigenvalue weighted by Crippen LogP contribution is -2.02. The number of aromatic nitrogens is 4. The molecule has 0 aliphatic heterocycles. The molecule has 102 valence electrons. The first-order valence-corrected chi connectivity index (χ1v) is 7.06. The van der Waals surface area contributed by atoms with E-state index < -0.39 is 0 Å². The van der Waals surface area contributed by atoms with Crippen molar-refractivity contribution in [1.29, 1.82) is 0 Å². The Morgan fingerprint density at radius 1 is 1.21 bits per heavy atom. The SMILES string of the molecule is CCCCCCNc1ccc(-n2[nH]nnc2=S)cc1. The molecule has 5 nitrogen and oxygen atoms in total. The second kappa shape index (κ2) is 7.04. The Labute approximate surface area is 118 Å². The highest BCUT2D eigenvalue weighted by atomic mass is 32.1. The maximum absolute atomic E-state index is 5.05. The molecular formula is C13H19N5S. The highest BCUT2D eigenvalue weighted by molar-refractivity contribution is 7.71. The lowest BCUT2D eigenvalue weighted by molar-refractivity contribution is 0.685. The highest BCUT2D eigenvalue weighted by Crippen LogP contribution is 2.12. The van der Waals surface area contributed by atoms with Crippen molar-refractivity contribution in [3.8, 4) is 5.69 Å². The van der Waals surface area contributed by atoms with Crippen molar-refractivity contribution in [2.75, 3.05) is 11.9 Å². The molecule has 0 unspecified atom stereocenters. The predicted octanol–water partition coefficient (Wildman–Crippen LogP) is 3.32. The Bertz CT molecular complexity index is 543. The van der Waals surface area contributed by atoms with E-state index in [1.54, 1.807) is 4.68 Å². The van der Waals surface area contributed by atoms with E-state index in [1.807, 2.05) is 24.3 Å². The summed E-state index contributed by atoms with van der Waals surface area (Å²) in [5.41, 5.74) is 2.06. The Morgan fingerprint density at radius 2 is 2.00 bits per heavy atom. The number of unbranched alkanes of at least 4 members (excludes halogenated alkanes) is 3. The number of H-pyrrole nitrogens is 1. The molecule has 1 heterocycles. The van der Waals surface area contributed by atoms with Gasteiger partial charge in [0.2, 0.25) is 4.77 Å². The van der Waals surface area contributed by atoms with Gasteiger partial charge in [0.05, 0.1) is 5.69 Å². The molecule has 2 rings (SSSR count). The molecule has 2 N–H and O–H groups in total. The van der Waals surface area contributed by atoms with Crippen molar-refractivity contribution < 1.29 is 0 Å². The van der Waals surface area contributed by atoms with Crippen LogP contribution in [0.5, 0.6) is 0 Å². The van der Waals surface area contributed by atoms with Gasteiger partial charge in [0.25, 0.3) is 0 Å². The highest BCUT2D eigenvalue weighted by Gasteiger charge is 1.99. The van der Waals surface area contributed by atoms with Crippen molar-refractivity contribution >= 4 is 17.9 Å². The van der Waals surface area contributed by atoms with Gasteiger partial charge in [-0.15, -0.1) is 0 Å². The van der Waals surface area contributed by atoms with Crippen LogP contribution >= 0.6 is 12.2 Å². The number of hydrogen-bond acceptors (Lipinski definition) is 4. The van der Waals surface area contributed by atoms with Crippen LogP contribution in [0.2, 0.25) is 0 Å². The van der Waals surface area contributed by atoms with Crippen molar-refractivity contribution in [1.82, 2.24) is 20.2 Å². The van der Waals surface area contributed by atoms with Gasteiger partial charge in [-0.1, -0.05) is 36.5 Å². The zero-order valence-electron chi connectivity index (χ0n) is 11.1. The molecule has 0 aliphatic carbocycles. The number of tetrazole rings is 1. The van der Waals surface area contributed by atoms with Crippen LogP contribution in [0.25, 0.3) is 5.69 Å². The minimum atomic E-state index is 0.431. The smallest absolute Gasteiger partial charge is 0.242 e. The Balaban J connectivity index is 1.88. The van der Waals surface area contributed by atoms with Gasteiger partial charge < -0.3 is 5.32 Å². The summed E-state index contributed by atoms with van der Waals surface area (Å²) in [5, 5.41) is 13.6. The van der Waals surface area contributed by atoms with Gasteiger partial charge in [-0.2, -0.15) is 5.21 Å². The molecule has 6 heteroatoms. The molecule has 0 saturated heterocycles. The topological polar surface area (TPSA) is 58.5 Å². The second-order valence-corrected chi connectivity index (χ2v) is 4.82. The number of rotatable bonds is 7. The quantitative estimate of drug-likeness (QED) is 0.602. The molecule has 0 spiro atoms. The molecule has 2 aromatic rings. The first kappa shape index (κ1) is 13.7. The van der Waals surface area contributed by atoms with E-state index in [2.05, 4.69) is 27.8 Å². The Kier molecular flexibility index (Phi) is 5.09. The summed E-state index contributed by atoms with van der Waals surface area (Å²) >= 11 is 5.05. The molecule has 0 amide bonds. The Hall–Kier alpha value is -1.69. The van der Waals surface area contributed by atoms with Crippen LogP contribution < -0.4 is 5.32 Å². The minimum Gasteiger partial charge on any atom is -0.385 e. The van der Waals surface area contributed by atoms with Crippen LogP contribution in [0.15, 0.2) is 24.3 Å². The number of anilines is 1. The summed E-state index contributed by atoms with van der Waals surface area (Å²) in [6.45, 7) is 3.24. The average molecular weight is 277 g/mol. The van der Waals surface area contributed by atoms with Crippen molar-refractivity contribution in [2.45, 2.75) is 32.6 Å². The van der Waals surface area contributed by atoms with Gasteiger partial charge >= 0.3 is 0 Å². The lowest BCUT2D eigenvalue weighted by Gasteiger charge is -2.07. The van der Waals surface area contributed by atoms with Crippen LogP contribution in [0.3, 0.4) is 0 Å². The predicted molar refractivity (Wildman–Crippen MR) is 79.2 cm³/mol. The fourth-order valence-electron chi connectivity index (χ4n) is 1.88. The third-order valence-electron chi connectivity index (χ3n) is 2.96. The van der Waals surface area contributed by atoms with Gasteiger partial charge in [0.1, 0.15) is 0 Å². The summed E-state index contributed by atoms with van der Waals surface area (Å²) in [6.07, 6.45) is 5.08. The number of hydrogen-bond donors (Lipinski definition) is 2. The first-order valence-electron chi connectivity index (χ1n) is 6.65. The monoisotopic (exact) mass is 277 g/mol. The van der Waals surface area contributed by atoms with Crippen molar-refractivity contribution in [3.05, 3.63) is 29.0 Å². The molecule has 0 aliphatic rings. The summed E-state index contributed by atoms with van der Waals surface area (Å²) in [4.78, 5) is 0. The van der Waals surface area contributed by atoms with Gasteiger partial charge in [-0.25, -0.2) is 4.68 Å². The van der Waals surface area contributed by atoms with Crippen LogP contribution in [-0.2, 0) is 0 Å². The number of benzene rings is 1. The van der Waals surface area contributed by atoms with E-state index in [-0.39, 0.29) is 0 Å². The van der Waals surface area contributed by atoms with Gasteiger partial charge in [-0.05, 0) is 42.9 Å². The van der Waals surface area contributed by atoms with Gasteiger partial charge in [0.15, 0.2) is 0 Å². The van der Waals surface area contributed by atoms with E-state index in [4.69, 9.17) is 12.2 Å². The maximum atomic E-state index is 5.05. The summed E-state index contributed by atoms with van der Waals surface area (Å²) in [7, 11) is 0.